The first-order valence-corrected chi connectivity index (χ1v) is 7.35. The Labute approximate surface area is 141 Å². The van der Waals surface area contributed by atoms with Crippen LogP contribution in [0.4, 0.5) is 11.4 Å². The van der Waals surface area contributed by atoms with Crippen LogP contribution < -0.4 is 19.7 Å². The quantitative estimate of drug-likeness (QED) is 0.916. The third kappa shape index (κ3) is 3.48. The lowest BCUT2D eigenvalue weighted by Gasteiger charge is -2.20. The van der Waals surface area contributed by atoms with E-state index >= 15 is 0 Å². The molecule has 2 rings (SSSR count). The van der Waals surface area contributed by atoms with Crippen molar-refractivity contribution in [1.82, 2.24) is 0 Å². The monoisotopic (exact) mass is 328 g/mol. The van der Waals surface area contributed by atoms with E-state index in [1.165, 1.54) is 26.0 Å². The number of anilines is 2. The van der Waals surface area contributed by atoms with Crippen LogP contribution in [0.5, 0.6) is 11.5 Å². The van der Waals surface area contributed by atoms with Gasteiger partial charge in [0, 0.05) is 14.0 Å². The van der Waals surface area contributed by atoms with Crippen molar-refractivity contribution in [3.05, 3.63) is 48.0 Å². The second kappa shape index (κ2) is 7.50. The molecule has 0 fully saturated rings. The van der Waals surface area contributed by atoms with Crippen LogP contribution in [0.15, 0.2) is 42.5 Å². The number of methoxy groups -OCH3 is 2. The molecule has 2 amide bonds. The normalized spacial score (nSPS) is 10.0. The molecule has 2 aromatic carbocycles. The number of rotatable bonds is 5. The Morgan fingerprint density at radius 2 is 1.54 bits per heavy atom. The van der Waals surface area contributed by atoms with Gasteiger partial charge in [0.2, 0.25) is 5.91 Å². The van der Waals surface area contributed by atoms with Crippen molar-refractivity contribution in [1.29, 1.82) is 0 Å². The SMILES string of the molecule is COc1cccc(OC)c1C(=O)Nc1ccccc1N(C)C(C)=O. The van der Waals surface area contributed by atoms with E-state index < -0.39 is 0 Å². The van der Waals surface area contributed by atoms with Gasteiger partial charge in [0.25, 0.3) is 5.91 Å². The Kier molecular flexibility index (Phi) is 5.42. The van der Waals surface area contributed by atoms with E-state index in [-0.39, 0.29) is 11.8 Å². The molecular weight excluding hydrogens is 308 g/mol. The van der Waals surface area contributed by atoms with Crippen molar-refractivity contribution < 1.29 is 19.1 Å². The second-order valence-corrected chi connectivity index (χ2v) is 5.09. The molecule has 0 saturated carbocycles. The van der Waals surface area contributed by atoms with Gasteiger partial charge in [0.1, 0.15) is 17.1 Å². The van der Waals surface area contributed by atoms with Gasteiger partial charge in [-0.05, 0) is 24.3 Å². The van der Waals surface area contributed by atoms with Crippen molar-refractivity contribution in [2.45, 2.75) is 6.92 Å². The number of hydrogen-bond donors (Lipinski definition) is 1. The number of amides is 2. The summed E-state index contributed by atoms with van der Waals surface area (Å²) in [6.45, 7) is 1.46. The molecular formula is C18H20N2O4. The van der Waals surface area contributed by atoms with Gasteiger partial charge < -0.3 is 19.7 Å². The topological polar surface area (TPSA) is 67.9 Å². The third-order valence-corrected chi connectivity index (χ3v) is 3.64. The first kappa shape index (κ1) is 17.3. The average molecular weight is 328 g/mol. The highest BCUT2D eigenvalue weighted by Crippen LogP contribution is 2.31. The Morgan fingerprint density at radius 3 is 2.08 bits per heavy atom. The van der Waals surface area contributed by atoms with Crippen LogP contribution in [0.3, 0.4) is 0 Å². The maximum Gasteiger partial charge on any atom is 0.263 e. The van der Waals surface area contributed by atoms with Crippen LogP contribution in [-0.4, -0.2) is 33.1 Å². The molecule has 0 aromatic heterocycles. The molecule has 0 radical (unpaired) electrons. The highest BCUT2D eigenvalue weighted by atomic mass is 16.5. The van der Waals surface area contributed by atoms with E-state index in [4.69, 9.17) is 9.47 Å². The first-order valence-electron chi connectivity index (χ1n) is 7.35. The molecule has 1 N–H and O–H groups in total. The summed E-state index contributed by atoms with van der Waals surface area (Å²) in [7, 11) is 4.63. The molecule has 0 heterocycles. The fraction of sp³-hybridized carbons (Fsp3) is 0.222. The van der Waals surface area contributed by atoms with Crippen LogP contribution >= 0.6 is 0 Å². The maximum atomic E-state index is 12.7. The minimum absolute atomic E-state index is 0.133. The van der Waals surface area contributed by atoms with E-state index in [1.807, 2.05) is 0 Å². The molecule has 2 aromatic rings. The molecule has 0 aliphatic heterocycles. The highest BCUT2D eigenvalue weighted by molar-refractivity contribution is 6.10. The number of ether oxygens (including phenoxy) is 2. The standard InChI is InChI=1S/C18H20N2O4/c1-12(21)20(2)14-9-6-5-8-13(14)19-18(22)17-15(23-3)10-7-11-16(17)24-4/h5-11H,1-4H3,(H,19,22). The predicted octanol–water partition coefficient (Wildman–Crippen LogP) is 2.94. The van der Waals surface area contributed by atoms with Crippen molar-refractivity contribution in [3.63, 3.8) is 0 Å². The number of hydrogen-bond acceptors (Lipinski definition) is 4. The lowest BCUT2D eigenvalue weighted by molar-refractivity contribution is -0.116. The molecule has 0 unspecified atom stereocenters. The Hall–Kier alpha value is -3.02. The van der Waals surface area contributed by atoms with Gasteiger partial charge in [-0.15, -0.1) is 0 Å². The molecule has 24 heavy (non-hydrogen) atoms. The van der Waals surface area contributed by atoms with Gasteiger partial charge in [-0.3, -0.25) is 9.59 Å². The molecule has 0 bridgehead atoms. The summed E-state index contributed by atoms with van der Waals surface area (Å²) in [5.74, 6) is 0.300. The summed E-state index contributed by atoms with van der Waals surface area (Å²) in [6.07, 6.45) is 0. The fourth-order valence-corrected chi connectivity index (χ4v) is 2.30. The van der Waals surface area contributed by atoms with Crippen LogP contribution in [0.25, 0.3) is 0 Å². The van der Waals surface area contributed by atoms with E-state index in [0.717, 1.165) is 0 Å². The van der Waals surface area contributed by atoms with Gasteiger partial charge in [0.05, 0.1) is 25.6 Å². The van der Waals surface area contributed by atoms with E-state index in [1.54, 1.807) is 49.5 Å². The third-order valence-electron chi connectivity index (χ3n) is 3.64. The Morgan fingerprint density at radius 1 is 0.958 bits per heavy atom. The molecule has 6 nitrogen and oxygen atoms in total. The molecule has 126 valence electrons. The zero-order chi connectivity index (χ0) is 17.7. The summed E-state index contributed by atoms with van der Waals surface area (Å²) in [6, 6.07) is 12.2. The van der Waals surface area contributed by atoms with Crippen molar-refractivity contribution in [2.75, 3.05) is 31.5 Å². The molecule has 0 atom stereocenters. The van der Waals surface area contributed by atoms with Crippen molar-refractivity contribution >= 4 is 23.2 Å². The summed E-state index contributed by atoms with van der Waals surface area (Å²) in [5, 5.41) is 2.82. The highest BCUT2D eigenvalue weighted by Gasteiger charge is 2.20. The van der Waals surface area contributed by atoms with Crippen LogP contribution in [-0.2, 0) is 4.79 Å². The van der Waals surface area contributed by atoms with Gasteiger partial charge in [-0.25, -0.2) is 0 Å². The number of benzene rings is 2. The lowest BCUT2D eigenvalue weighted by Crippen LogP contribution is -2.25. The van der Waals surface area contributed by atoms with Crippen LogP contribution in [0, 0.1) is 0 Å². The van der Waals surface area contributed by atoms with Crippen molar-refractivity contribution in [3.8, 4) is 11.5 Å². The average Bonchev–Trinajstić information content (AvgIpc) is 2.60. The molecule has 0 saturated heterocycles. The van der Waals surface area contributed by atoms with Gasteiger partial charge >= 0.3 is 0 Å². The van der Waals surface area contributed by atoms with Crippen molar-refractivity contribution in [2.24, 2.45) is 0 Å². The number of nitrogens with zero attached hydrogens (tertiary/aromatic N) is 1. The zero-order valence-electron chi connectivity index (χ0n) is 14.1. The second-order valence-electron chi connectivity index (χ2n) is 5.09. The number of carbonyl (C=O) groups is 2. The van der Waals surface area contributed by atoms with Gasteiger partial charge in [0.15, 0.2) is 0 Å². The molecule has 0 aliphatic rings. The van der Waals surface area contributed by atoms with E-state index in [9.17, 15) is 9.59 Å². The van der Waals surface area contributed by atoms with Crippen LogP contribution in [0.2, 0.25) is 0 Å². The summed E-state index contributed by atoms with van der Waals surface area (Å²) < 4.78 is 10.5. The smallest absolute Gasteiger partial charge is 0.263 e. The Bertz CT molecular complexity index is 736. The number of nitrogens with one attached hydrogen (secondary N) is 1. The lowest BCUT2D eigenvalue weighted by atomic mass is 10.1. The molecule has 6 heteroatoms. The summed E-state index contributed by atoms with van der Waals surface area (Å²) in [4.78, 5) is 25.8. The molecule has 0 aliphatic carbocycles. The van der Waals surface area contributed by atoms with Gasteiger partial charge in [-0.2, -0.15) is 0 Å². The number of carbonyl (C=O) groups excluding carboxylic acids is 2. The Balaban J connectivity index is 2.40. The minimum Gasteiger partial charge on any atom is -0.496 e. The largest absolute Gasteiger partial charge is 0.496 e. The first-order chi connectivity index (χ1) is 11.5. The van der Waals surface area contributed by atoms with E-state index in [0.29, 0.717) is 28.4 Å². The van der Waals surface area contributed by atoms with Gasteiger partial charge in [-0.1, -0.05) is 18.2 Å². The maximum absolute atomic E-state index is 12.7. The summed E-state index contributed by atoms with van der Waals surface area (Å²) >= 11 is 0. The minimum atomic E-state index is -0.381. The zero-order valence-corrected chi connectivity index (χ0v) is 14.1. The molecule has 0 spiro atoms. The fourth-order valence-electron chi connectivity index (χ4n) is 2.30. The van der Waals surface area contributed by atoms with E-state index in [2.05, 4.69) is 5.32 Å². The predicted molar refractivity (Wildman–Crippen MR) is 93.0 cm³/mol. The van der Waals surface area contributed by atoms with Crippen LogP contribution in [0.1, 0.15) is 17.3 Å². The summed E-state index contributed by atoms with van der Waals surface area (Å²) in [5.41, 5.74) is 1.42. The number of para-hydroxylation sites is 2.